The van der Waals surface area contributed by atoms with Gasteiger partial charge in [0, 0.05) is 17.7 Å². The summed E-state index contributed by atoms with van der Waals surface area (Å²) in [4.78, 5) is 10.2. The minimum Gasteiger partial charge on any atom is -0.457 e. The number of alkyl halides is 1. The van der Waals surface area contributed by atoms with Crippen molar-refractivity contribution in [2.24, 2.45) is 0 Å². The van der Waals surface area contributed by atoms with Gasteiger partial charge in [-0.25, -0.2) is 4.39 Å². The van der Waals surface area contributed by atoms with Crippen LogP contribution in [-0.2, 0) is 5.88 Å². The van der Waals surface area contributed by atoms with Crippen LogP contribution in [-0.4, -0.2) is 4.92 Å². The summed E-state index contributed by atoms with van der Waals surface area (Å²) in [6, 6.07) is 9.85. The molecule has 0 saturated heterocycles. The topological polar surface area (TPSA) is 52.4 Å². The molecule has 0 fully saturated rings. The van der Waals surface area contributed by atoms with Gasteiger partial charge in [-0.2, -0.15) is 0 Å². The number of benzene rings is 2. The van der Waals surface area contributed by atoms with E-state index in [4.69, 9.17) is 16.3 Å². The van der Waals surface area contributed by atoms with E-state index >= 15 is 0 Å². The summed E-state index contributed by atoms with van der Waals surface area (Å²) in [5.74, 6) is 0.259. The predicted octanol–water partition coefficient (Wildman–Crippen LogP) is 4.27. The van der Waals surface area contributed by atoms with Crippen LogP contribution in [0, 0.1) is 15.9 Å². The van der Waals surface area contributed by atoms with Gasteiger partial charge < -0.3 is 4.74 Å². The van der Waals surface area contributed by atoms with Crippen LogP contribution >= 0.6 is 11.6 Å². The molecular weight excluding hydrogens is 273 g/mol. The fourth-order valence-corrected chi connectivity index (χ4v) is 1.79. The number of hydrogen-bond acceptors (Lipinski definition) is 3. The van der Waals surface area contributed by atoms with E-state index in [1.54, 1.807) is 6.07 Å². The lowest BCUT2D eigenvalue weighted by molar-refractivity contribution is -0.385. The van der Waals surface area contributed by atoms with Gasteiger partial charge in [-0.3, -0.25) is 10.1 Å². The van der Waals surface area contributed by atoms with E-state index in [-0.39, 0.29) is 11.6 Å². The van der Waals surface area contributed by atoms with E-state index in [0.29, 0.717) is 17.1 Å². The summed E-state index contributed by atoms with van der Waals surface area (Å²) >= 11 is 5.66. The van der Waals surface area contributed by atoms with Crippen molar-refractivity contribution in [2.45, 2.75) is 5.88 Å². The van der Waals surface area contributed by atoms with Crippen LogP contribution in [0.15, 0.2) is 42.5 Å². The quantitative estimate of drug-likeness (QED) is 0.478. The summed E-state index contributed by atoms with van der Waals surface area (Å²) in [6.45, 7) is 0. The Bertz CT molecular complexity index is 619. The molecule has 0 atom stereocenters. The lowest BCUT2D eigenvalue weighted by Gasteiger charge is -2.07. The third-order valence-electron chi connectivity index (χ3n) is 2.42. The first kappa shape index (κ1) is 13.3. The largest absolute Gasteiger partial charge is 0.457 e. The van der Waals surface area contributed by atoms with Crippen molar-refractivity contribution in [3.8, 4) is 11.5 Å². The van der Waals surface area contributed by atoms with Gasteiger partial charge in [-0.15, -0.1) is 11.6 Å². The Labute approximate surface area is 113 Å². The number of ether oxygens (including phenoxy) is 1. The zero-order valence-electron chi connectivity index (χ0n) is 9.68. The zero-order valence-corrected chi connectivity index (χ0v) is 10.4. The minimum absolute atomic E-state index is 0.00331. The fourth-order valence-electron chi connectivity index (χ4n) is 1.58. The third-order valence-corrected chi connectivity index (χ3v) is 2.71. The third kappa shape index (κ3) is 3.20. The molecule has 0 unspecified atom stereocenters. The van der Waals surface area contributed by atoms with E-state index in [1.165, 1.54) is 36.4 Å². The Balaban J connectivity index is 2.29. The van der Waals surface area contributed by atoms with Crippen molar-refractivity contribution in [1.82, 2.24) is 0 Å². The molecule has 2 rings (SSSR count). The van der Waals surface area contributed by atoms with Crippen LogP contribution in [0.1, 0.15) is 5.56 Å². The molecule has 6 heteroatoms. The van der Waals surface area contributed by atoms with E-state index in [9.17, 15) is 14.5 Å². The molecule has 19 heavy (non-hydrogen) atoms. The summed E-state index contributed by atoms with van der Waals surface area (Å²) in [5.41, 5.74) is 0.280. The Morgan fingerprint density at radius 2 is 1.95 bits per heavy atom. The summed E-state index contributed by atoms with van der Waals surface area (Å²) in [7, 11) is 0. The van der Waals surface area contributed by atoms with Crippen molar-refractivity contribution >= 4 is 17.3 Å². The maximum Gasteiger partial charge on any atom is 0.274 e. The predicted molar refractivity (Wildman–Crippen MR) is 69.1 cm³/mol. The minimum atomic E-state index is -0.510. The van der Waals surface area contributed by atoms with E-state index < -0.39 is 10.7 Å². The number of rotatable bonds is 4. The van der Waals surface area contributed by atoms with Gasteiger partial charge in [0.15, 0.2) is 0 Å². The molecule has 0 aromatic heterocycles. The van der Waals surface area contributed by atoms with Crippen LogP contribution < -0.4 is 4.74 Å². The fraction of sp³-hybridized carbons (Fsp3) is 0.0769. The lowest BCUT2D eigenvalue weighted by Crippen LogP contribution is -1.94. The van der Waals surface area contributed by atoms with Crippen LogP contribution in [0.3, 0.4) is 0 Å². The number of nitrogens with zero attached hydrogens (tertiary/aromatic N) is 1. The summed E-state index contributed by atoms with van der Waals surface area (Å²) in [5, 5.41) is 10.8. The van der Waals surface area contributed by atoms with Gasteiger partial charge in [-0.05, 0) is 24.3 Å². The molecule has 0 bridgehead atoms. The molecule has 2 aromatic rings. The van der Waals surface area contributed by atoms with Crippen LogP contribution in [0.25, 0.3) is 0 Å². The van der Waals surface area contributed by atoms with Crippen LogP contribution in [0.2, 0.25) is 0 Å². The average Bonchev–Trinajstić information content (AvgIpc) is 2.38. The van der Waals surface area contributed by atoms with Crippen LogP contribution in [0.5, 0.6) is 11.5 Å². The normalized spacial score (nSPS) is 10.2. The maximum atomic E-state index is 13.0. The highest BCUT2D eigenvalue weighted by Crippen LogP contribution is 2.28. The molecule has 0 radical (unpaired) electrons. The first-order valence-corrected chi connectivity index (χ1v) is 5.90. The molecule has 0 spiro atoms. The summed E-state index contributed by atoms with van der Waals surface area (Å²) in [6.07, 6.45) is 0. The molecule has 0 N–H and O–H groups in total. The second-order valence-electron chi connectivity index (χ2n) is 3.74. The molecule has 98 valence electrons. The lowest BCUT2D eigenvalue weighted by atomic mass is 10.2. The standard InChI is InChI=1S/C13H9ClFNO3/c14-8-9-6-12(4-5-13(9)16(17)18)19-11-3-1-2-10(15)7-11/h1-7H,8H2. The average molecular weight is 282 g/mol. The summed E-state index contributed by atoms with van der Waals surface area (Å²) < 4.78 is 18.4. The van der Waals surface area contributed by atoms with E-state index in [0.717, 1.165) is 0 Å². The molecule has 0 aliphatic rings. The molecule has 0 aliphatic carbocycles. The van der Waals surface area contributed by atoms with Gasteiger partial charge in [0.2, 0.25) is 0 Å². The molecule has 0 amide bonds. The van der Waals surface area contributed by atoms with Gasteiger partial charge in [0.25, 0.3) is 5.69 Å². The SMILES string of the molecule is O=[N+]([O-])c1ccc(Oc2cccc(F)c2)cc1CCl. The van der Waals surface area contributed by atoms with E-state index in [1.807, 2.05) is 0 Å². The second kappa shape index (κ2) is 5.67. The number of nitro benzene ring substituents is 1. The van der Waals surface area contributed by atoms with Crippen molar-refractivity contribution in [2.75, 3.05) is 0 Å². The van der Waals surface area contributed by atoms with Crippen molar-refractivity contribution in [3.63, 3.8) is 0 Å². The second-order valence-corrected chi connectivity index (χ2v) is 4.01. The van der Waals surface area contributed by atoms with Gasteiger partial charge in [-0.1, -0.05) is 6.07 Å². The first-order chi connectivity index (χ1) is 9.10. The monoisotopic (exact) mass is 281 g/mol. The molecule has 0 saturated carbocycles. The highest BCUT2D eigenvalue weighted by atomic mass is 35.5. The van der Waals surface area contributed by atoms with Crippen molar-refractivity contribution in [3.05, 3.63) is 64.0 Å². The highest BCUT2D eigenvalue weighted by molar-refractivity contribution is 6.17. The molecule has 0 aliphatic heterocycles. The van der Waals surface area contributed by atoms with Crippen molar-refractivity contribution in [1.29, 1.82) is 0 Å². The first-order valence-electron chi connectivity index (χ1n) is 5.37. The maximum absolute atomic E-state index is 13.0. The number of halogens is 2. The van der Waals surface area contributed by atoms with Crippen molar-refractivity contribution < 1.29 is 14.1 Å². The molecule has 4 nitrogen and oxygen atoms in total. The molecular formula is C13H9ClFNO3. The zero-order chi connectivity index (χ0) is 13.8. The van der Waals surface area contributed by atoms with Gasteiger partial charge >= 0.3 is 0 Å². The van der Waals surface area contributed by atoms with E-state index in [2.05, 4.69) is 0 Å². The van der Waals surface area contributed by atoms with Gasteiger partial charge in [0.1, 0.15) is 17.3 Å². The number of nitro groups is 1. The van der Waals surface area contributed by atoms with Gasteiger partial charge in [0.05, 0.1) is 10.8 Å². The number of hydrogen-bond donors (Lipinski definition) is 0. The highest BCUT2D eigenvalue weighted by Gasteiger charge is 2.14. The Morgan fingerprint density at radius 1 is 1.21 bits per heavy atom. The smallest absolute Gasteiger partial charge is 0.274 e. The Morgan fingerprint density at radius 3 is 2.58 bits per heavy atom. The van der Waals surface area contributed by atoms with Crippen LogP contribution in [0.4, 0.5) is 10.1 Å². The molecule has 2 aromatic carbocycles. The Kier molecular flexibility index (Phi) is 3.97. The molecule has 0 heterocycles. The Hall–Kier alpha value is -2.14.